The van der Waals surface area contributed by atoms with E-state index in [2.05, 4.69) is 37.3 Å². The monoisotopic (exact) mass is 336 g/mol. The summed E-state index contributed by atoms with van der Waals surface area (Å²) in [7, 11) is 0. The predicted octanol–water partition coefficient (Wildman–Crippen LogP) is 4.26. The Hall–Kier alpha value is -2.25. The standard InChI is InChI=1S/C20H20N2OS/c1-15-6-2-5-9-19(15)24-17-10-12-22(13-11-17)20(23)18-8-4-3-7-16(18)14-21/h2-9,17H,10-13H2,1H3. The highest BCUT2D eigenvalue weighted by atomic mass is 32.2. The van der Waals surface area contributed by atoms with Crippen molar-refractivity contribution in [3.8, 4) is 6.07 Å². The lowest BCUT2D eigenvalue weighted by atomic mass is 10.0. The summed E-state index contributed by atoms with van der Waals surface area (Å²) in [5.74, 6) is -0.0218. The van der Waals surface area contributed by atoms with Crippen LogP contribution in [0.4, 0.5) is 0 Å². The molecule has 0 bridgehead atoms. The van der Waals surface area contributed by atoms with Gasteiger partial charge in [-0.25, -0.2) is 0 Å². The summed E-state index contributed by atoms with van der Waals surface area (Å²) in [5, 5.41) is 9.72. The summed E-state index contributed by atoms with van der Waals surface area (Å²) in [6.07, 6.45) is 1.97. The summed E-state index contributed by atoms with van der Waals surface area (Å²) in [5.41, 5.74) is 2.29. The van der Waals surface area contributed by atoms with E-state index in [9.17, 15) is 10.1 Å². The van der Waals surface area contributed by atoms with Crippen LogP contribution in [0.25, 0.3) is 0 Å². The molecule has 0 saturated carbocycles. The summed E-state index contributed by atoms with van der Waals surface area (Å²) in [4.78, 5) is 15.9. The Labute approximate surface area is 147 Å². The number of aryl methyl sites for hydroxylation is 1. The average molecular weight is 336 g/mol. The number of carbonyl (C=O) groups is 1. The molecule has 0 aromatic heterocycles. The molecule has 3 rings (SSSR count). The third-order valence-electron chi connectivity index (χ3n) is 4.39. The fourth-order valence-corrected chi connectivity index (χ4v) is 4.20. The van der Waals surface area contributed by atoms with Crippen molar-refractivity contribution >= 4 is 17.7 Å². The SMILES string of the molecule is Cc1ccccc1SC1CCN(C(=O)c2ccccc2C#N)CC1. The Kier molecular flexibility index (Phi) is 5.22. The van der Waals surface area contributed by atoms with E-state index >= 15 is 0 Å². The van der Waals surface area contributed by atoms with Gasteiger partial charge >= 0.3 is 0 Å². The number of nitriles is 1. The molecule has 1 aliphatic rings. The second-order valence-corrected chi connectivity index (χ2v) is 7.37. The zero-order valence-electron chi connectivity index (χ0n) is 13.7. The average Bonchev–Trinajstić information content (AvgIpc) is 2.63. The molecule has 0 unspecified atom stereocenters. The summed E-state index contributed by atoms with van der Waals surface area (Å²) >= 11 is 1.92. The van der Waals surface area contributed by atoms with Gasteiger partial charge in [0.25, 0.3) is 5.91 Å². The minimum absolute atomic E-state index is 0.0218. The number of benzene rings is 2. The highest BCUT2D eigenvalue weighted by Crippen LogP contribution is 2.32. The predicted molar refractivity (Wildman–Crippen MR) is 97.1 cm³/mol. The minimum Gasteiger partial charge on any atom is -0.339 e. The molecule has 24 heavy (non-hydrogen) atoms. The Morgan fingerprint density at radius 1 is 1.12 bits per heavy atom. The molecule has 0 radical (unpaired) electrons. The first kappa shape index (κ1) is 16.6. The van der Waals surface area contributed by atoms with Crippen molar-refractivity contribution in [3.05, 3.63) is 65.2 Å². The molecule has 2 aromatic rings. The Bertz CT molecular complexity index is 773. The molecule has 0 atom stereocenters. The van der Waals surface area contributed by atoms with Gasteiger partial charge in [-0.15, -0.1) is 11.8 Å². The Morgan fingerprint density at radius 2 is 1.79 bits per heavy atom. The number of hydrogen-bond donors (Lipinski definition) is 0. The van der Waals surface area contributed by atoms with Crippen molar-refractivity contribution in [3.63, 3.8) is 0 Å². The van der Waals surface area contributed by atoms with Crippen molar-refractivity contribution in [1.82, 2.24) is 4.90 Å². The number of carbonyl (C=O) groups excluding carboxylic acids is 1. The molecule has 3 nitrogen and oxygen atoms in total. The minimum atomic E-state index is -0.0218. The molecule has 1 amide bonds. The van der Waals surface area contributed by atoms with Gasteiger partial charge in [-0.2, -0.15) is 5.26 Å². The number of likely N-dealkylation sites (tertiary alicyclic amines) is 1. The second kappa shape index (κ2) is 7.55. The lowest BCUT2D eigenvalue weighted by Gasteiger charge is -2.32. The second-order valence-electron chi connectivity index (χ2n) is 6.03. The molecule has 0 spiro atoms. The van der Waals surface area contributed by atoms with E-state index in [4.69, 9.17) is 0 Å². The lowest BCUT2D eigenvalue weighted by Crippen LogP contribution is -2.39. The zero-order chi connectivity index (χ0) is 16.9. The maximum atomic E-state index is 12.7. The van der Waals surface area contributed by atoms with Crippen LogP contribution in [0.15, 0.2) is 53.4 Å². The van der Waals surface area contributed by atoms with E-state index in [1.807, 2.05) is 22.7 Å². The van der Waals surface area contributed by atoms with E-state index < -0.39 is 0 Å². The van der Waals surface area contributed by atoms with Crippen molar-refractivity contribution in [1.29, 1.82) is 5.26 Å². The highest BCUT2D eigenvalue weighted by Gasteiger charge is 2.25. The highest BCUT2D eigenvalue weighted by molar-refractivity contribution is 8.00. The van der Waals surface area contributed by atoms with Crippen LogP contribution in [0.5, 0.6) is 0 Å². The third kappa shape index (κ3) is 3.63. The molecule has 1 saturated heterocycles. The molecule has 122 valence electrons. The van der Waals surface area contributed by atoms with Gasteiger partial charge in [0.1, 0.15) is 0 Å². The lowest BCUT2D eigenvalue weighted by molar-refractivity contribution is 0.0727. The number of amides is 1. The van der Waals surface area contributed by atoms with Crippen molar-refractivity contribution < 1.29 is 4.79 Å². The molecular weight excluding hydrogens is 316 g/mol. The zero-order valence-corrected chi connectivity index (χ0v) is 14.6. The number of nitrogens with zero attached hydrogens (tertiary/aromatic N) is 2. The molecule has 0 N–H and O–H groups in total. The Morgan fingerprint density at radius 3 is 2.50 bits per heavy atom. The van der Waals surface area contributed by atoms with E-state index in [-0.39, 0.29) is 5.91 Å². The Balaban J connectivity index is 1.62. The molecule has 1 heterocycles. The van der Waals surface area contributed by atoms with Crippen LogP contribution < -0.4 is 0 Å². The molecule has 2 aromatic carbocycles. The van der Waals surface area contributed by atoms with Gasteiger partial charge in [0.2, 0.25) is 0 Å². The van der Waals surface area contributed by atoms with E-state index in [0.29, 0.717) is 16.4 Å². The summed E-state index contributed by atoms with van der Waals surface area (Å²) < 4.78 is 0. The first-order chi connectivity index (χ1) is 11.7. The largest absolute Gasteiger partial charge is 0.339 e. The van der Waals surface area contributed by atoms with E-state index in [0.717, 1.165) is 25.9 Å². The van der Waals surface area contributed by atoms with Crippen LogP contribution in [-0.2, 0) is 0 Å². The first-order valence-electron chi connectivity index (χ1n) is 8.19. The maximum absolute atomic E-state index is 12.7. The third-order valence-corrected chi connectivity index (χ3v) is 5.91. The van der Waals surface area contributed by atoms with Gasteiger partial charge in [-0.3, -0.25) is 4.79 Å². The molecule has 0 aliphatic carbocycles. The first-order valence-corrected chi connectivity index (χ1v) is 9.07. The fourth-order valence-electron chi connectivity index (χ4n) is 2.98. The quantitative estimate of drug-likeness (QED) is 0.841. The van der Waals surface area contributed by atoms with Crippen LogP contribution in [0.2, 0.25) is 0 Å². The van der Waals surface area contributed by atoms with Crippen molar-refractivity contribution in [2.24, 2.45) is 0 Å². The van der Waals surface area contributed by atoms with Crippen molar-refractivity contribution in [2.75, 3.05) is 13.1 Å². The van der Waals surface area contributed by atoms with Crippen LogP contribution in [-0.4, -0.2) is 29.1 Å². The number of piperidine rings is 1. The molecule has 1 aliphatic heterocycles. The van der Waals surface area contributed by atoms with Gasteiger partial charge in [-0.05, 0) is 43.5 Å². The van der Waals surface area contributed by atoms with Gasteiger partial charge in [0, 0.05) is 23.2 Å². The number of hydrogen-bond acceptors (Lipinski definition) is 3. The normalized spacial score (nSPS) is 15.1. The summed E-state index contributed by atoms with van der Waals surface area (Å²) in [6, 6.07) is 17.6. The van der Waals surface area contributed by atoms with Crippen molar-refractivity contribution in [2.45, 2.75) is 29.9 Å². The van der Waals surface area contributed by atoms with E-state index in [1.54, 1.807) is 18.2 Å². The summed E-state index contributed by atoms with van der Waals surface area (Å²) in [6.45, 7) is 3.64. The van der Waals surface area contributed by atoms with Crippen LogP contribution in [0, 0.1) is 18.3 Å². The van der Waals surface area contributed by atoms with E-state index in [1.165, 1.54) is 10.5 Å². The fraction of sp³-hybridized carbons (Fsp3) is 0.300. The van der Waals surface area contributed by atoms with Gasteiger partial charge in [0.15, 0.2) is 0 Å². The molecular formula is C20H20N2OS. The van der Waals surface area contributed by atoms with Crippen LogP contribution in [0.1, 0.15) is 34.3 Å². The van der Waals surface area contributed by atoms with Gasteiger partial charge in [0.05, 0.1) is 17.2 Å². The van der Waals surface area contributed by atoms with Crippen LogP contribution in [0.3, 0.4) is 0 Å². The van der Waals surface area contributed by atoms with Gasteiger partial charge < -0.3 is 4.90 Å². The number of rotatable bonds is 3. The number of thioether (sulfide) groups is 1. The smallest absolute Gasteiger partial charge is 0.255 e. The topological polar surface area (TPSA) is 44.1 Å². The van der Waals surface area contributed by atoms with Gasteiger partial charge in [-0.1, -0.05) is 30.3 Å². The maximum Gasteiger partial charge on any atom is 0.255 e. The molecule has 4 heteroatoms. The van der Waals surface area contributed by atoms with Crippen LogP contribution >= 0.6 is 11.8 Å². The molecule has 1 fully saturated rings.